The first-order valence-corrected chi connectivity index (χ1v) is 4.38. The SMILES string of the molecule is COC(=O)C1=CC2C=C(Cl)C=NC2=N1. The van der Waals surface area contributed by atoms with Crippen LogP contribution in [0, 0.1) is 5.92 Å². The van der Waals surface area contributed by atoms with E-state index in [9.17, 15) is 4.79 Å². The number of fused-ring (bicyclic) bond motifs is 1. The van der Waals surface area contributed by atoms with Crippen LogP contribution in [0.2, 0.25) is 0 Å². The molecule has 0 bridgehead atoms. The van der Waals surface area contributed by atoms with Gasteiger partial charge < -0.3 is 4.74 Å². The maximum atomic E-state index is 11.1. The van der Waals surface area contributed by atoms with E-state index in [-0.39, 0.29) is 11.6 Å². The number of hydrogen-bond acceptors (Lipinski definition) is 4. The number of carbonyl (C=O) groups is 1. The molecule has 0 aromatic heterocycles. The number of nitrogens with zero attached hydrogens (tertiary/aromatic N) is 2. The average molecular weight is 211 g/mol. The zero-order valence-corrected chi connectivity index (χ0v) is 8.15. The van der Waals surface area contributed by atoms with Crippen molar-refractivity contribution in [3.63, 3.8) is 0 Å². The van der Waals surface area contributed by atoms with Crippen LogP contribution in [-0.2, 0) is 9.53 Å². The van der Waals surface area contributed by atoms with Gasteiger partial charge in [0.25, 0.3) is 0 Å². The van der Waals surface area contributed by atoms with Crippen molar-refractivity contribution in [1.29, 1.82) is 0 Å². The molecule has 0 aromatic carbocycles. The molecule has 0 radical (unpaired) electrons. The minimum atomic E-state index is -0.452. The van der Waals surface area contributed by atoms with Gasteiger partial charge in [-0.15, -0.1) is 0 Å². The molecule has 0 spiro atoms. The van der Waals surface area contributed by atoms with E-state index in [1.807, 2.05) is 0 Å². The molecule has 2 aliphatic rings. The van der Waals surface area contributed by atoms with Gasteiger partial charge in [-0.3, -0.25) is 0 Å². The van der Waals surface area contributed by atoms with Crippen molar-refractivity contribution in [2.45, 2.75) is 0 Å². The predicted molar refractivity (Wildman–Crippen MR) is 53.5 cm³/mol. The number of halogens is 1. The highest BCUT2D eigenvalue weighted by Gasteiger charge is 2.25. The van der Waals surface area contributed by atoms with Gasteiger partial charge in [0.05, 0.1) is 18.1 Å². The Hall–Kier alpha value is -1.42. The molecule has 0 amide bonds. The van der Waals surface area contributed by atoms with Crippen LogP contribution < -0.4 is 0 Å². The highest BCUT2D eigenvalue weighted by Crippen LogP contribution is 2.24. The molecule has 5 heteroatoms. The van der Waals surface area contributed by atoms with Gasteiger partial charge in [0.1, 0.15) is 11.5 Å². The van der Waals surface area contributed by atoms with Gasteiger partial charge in [0.2, 0.25) is 0 Å². The third-order valence-corrected chi connectivity index (χ3v) is 2.15. The normalized spacial score (nSPS) is 23.6. The number of carbonyl (C=O) groups excluding carboxylic acids is 1. The Balaban J connectivity index is 2.29. The van der Waals surface area contributed by atoms with E-state index in [4.69, 9.17) is 11.6 Å². The van der Waals surface area contributed by atoms with E-state index in [0.717, 1.165) is 0 Å². The summed E-state index contributed by atoms with van der Waals surface area (Å²) in [5, 5.41) is 0.552. The van der Waals surface area contributed by atoms with Crippen molar-refractivity contribution < 1.29 is 9.53 Å². The first-order chi connectivity index (χ1) is 6.70. The number of hydrogen-bond donors (Lipinski definition) is 0. The van der Waals surface area contributed by atoms with Crippen molar-refractivity contribution in [1.82, 2.24) is 0 Å². The van der Waals surface area contributed by atoms with Crippen molar-refractivity contribution >= 4 is 29.6 Å². The van der Waals surface area contributed by atoms with Gasteiger partial charge in [0, 0.05) is 6.21 Å². The van der Waals surface area contributed by atoms with Crippen molar-refractivity contribution in [2.75, 3.05) is 7.11 Å². The quantitative estimate of drug-likeness (QED) is 0.612. The van der Waals surface area contributed by atoms with Gasteiger partial charge in [-0.05, 0) is 12.2 Å². The Morgan fingerprint density at radius 2 is 2.36 bits per heavy atom. The fourth-order valence-corrected chi connectivity index (χ4v) is 1.46. The summed E-state index contributed by atoms with van der Waals surface area (Å²) in [6.45, 7) is 0. The lowest BCUT2D eigenvalue weighted by molar-refractivity contribution is -0.136. The number of ether oxygens (including phenoxy) is 1. The van der Waals surface area contributed by atoms with E-state index >= 15 is 0 Å². The molecule has 2 heterocycles. The van der Waals surface area contributed by atoms with E-state index in [0.29, 0.717) is 10.9 Å². The maximum Gasteiger partial charge on any atom is 0.356 e. The van der Waals surface area contributed by atoms with Crippen molar-refractivity contribution in [3.05, 3.63) is 22.9 Å². The van der Waals surface area contributed by atoms with Crippen LogP contribution in [-0.4, -0.2) is 25.1 Å². The summed E-state index contributed by atoms with van der Waals surface area (Å²) >= 11 is 5.76. The minimum absolute atomic E-state index is 0.0957. The number of rotatable bonds is 1. The highest BCUT2D eigenvalue weighted by molar-refractivity contribution is 6.40. The topological polar surface area (TPSA) is 51.0 Å². The molecule has 0 saturated heterocycles. The summed E-state index contributed by atoms with van der Waals surface area (Å²) in [6.07, 6.45) is 4.97. The molecular formula is C9H7ClN2O2. The summed E-state index contributed by atoms with van der Waals surface area (Å²) < 4.78 is 4.55. The molecule has 2 rings (SSSR count). The van der Waals surface area contributed by atoms with Crippen LogP contribution in [0.4, 0.5) is 0 Å². The molecule has 1 atom stereocenters. The largest absolute Gasteiger partial charge is 0.464 e. The maximum absolute atomic E-state index is 11.1. The van der Waals surface area contributed by atoms with Gasteiger partial charge in [-0.25, -0.2) is 14.8 Å². The van der Waals surface area contributed by atoms with E-state index in [1.54, 1.807) is 12.2 Å². The number of aliphatic imine (C=N–C) groups is 2. The van der Waals surface area contributed by atoms with Crippen LogP contribution in [0.3, 0.4) is 0 Å². The molecule has 0 saturated carbocycles. The van der Waals surface area contributed by atoms with Gasteiger partial charge >= 0.3 is 5.97 Å². The Bertz CT molecular complexity index is 407. The number of amidine groups is 1. The zero-order chi connectivity index (χ0) is 10.1. The number of dihydropyridines is 1. The smallest absolute Gasteiger partial charge is 0.356 e. The summed E-state index contributed by atoms with van der Waals surface area (Å²) in [5.41, 5.74) is 0.285. The molecule has 0 aromatic rings. The Kier molecular flexibility index (Phi) is 2.21. The minimum Gasteiger partial charge on any atom is -0.464 e. The lowest BCUT2D eigenvalue weighted by Crippen LogP contribution is -2.08. The monoisotopic (exact) mass is 210 g/mol. The number of methoxy groups -OCH3 is 1. The second kappa shape index (κ2) is 3.38. The Morgan fingerprint density at radius 1 is 1.57 bits per heavy atom. The van der Waals surface area contributed by atoms with Crippen molar-refractivity contribution in [3.8, 4) is 0 Å². The molecule has 72 valence electrons. The van der Waals surface area contributed by atoms with Crippen LogP contribution in [0.15, 0.2) is 32.9 Å². The van der Waals surface area contributed by atoms with Crippen LogP contribution in [0.1, 0.15) is 0 Å². The second-order valence-electron chi connectivity index (χ2n) is 2.85. The second-order valence-corrected chi connectivity index (χ2v) is 3.29. The third-order valence-electron chi connectivity index (χ3n) is 1.92. The van der Waals surface area contributed by atoms with E-state index < -0.39 is 5.97 Å². The summed E-state index contributed by atoms with van der Waals surface area (Å²) in [5.74, 6) is 0.0306. The highest BCUT2D eigenvalue weighted by atomic mass is 35.5. The molecular weight excluding hydrogens is 204 g/mol. The average Bonchev–Trinajstić information content (AvgIpc) is 2.59. The van der Waals surface area contributed by atoms with Crippen LogP contribution >= 0.6 is 11.6 Å². The Labute approximate surface area is 85.6 Å². The van der Waals surface area contributed by atoms with Gasteiger partial charge in [-0.2, -0.15) is 0 Å². The summed E-state index contributed by atoms with van der Waals surface area (Å²) in [6, 6.07) is 0. The predicted octanol–water partition coefficient (Wildman–Crippen LogP) is 1.28. The first kappa shape index (κ1) is 9.15. The summed E-state index contributed by atoms with van der Waals surface area (Å²) in [4.78, 5) is 19.2. The lowest BCUT2D eigenvalue weighted by atomic mass is 10.1. The van der Waals surface area contributed by atoms with Gasteiger partial charge in [0.15, 0.2) is 0 Å². The fraction of sp³-hybridized carbons (Fsp3) is 0.222. The zero-order valence-electron chi connectivity index (χ0n) is 7.40. The van der Waals surface area contributed by atoms with Crippen molar-refractivity contribution in [2.24, 2.45) is 15.9 Å². The molecule has 4 nitrogen and oxygen atoms in total. The Morgan fingerprint density at radius 3 is 3.07 bits per heavy atom. The third kappa shape index (κ3) is 1.48. The molecule has 14 heavy (non-hydrogen) atoms. The van der Waals surface area contributed by atoms with E-state index in [1.165, 1.54) is 13.3 Å². The van der Waals surface area contributed by atoms with Crippen LogP contribution in [0.25, 0.3) is 0 Å². The summed E-state index contributed by atoms with van der Waals surface area (Å²) in [7, 11) is 1.32. The van der Waals surface area contributed by atoms with Crippen LogP contribution in [0.5, 0.6) is 0 Å². The molecule has 1 unspecified atom stereocenters. The number of esters is 1. The molecule has 0 aliphatic carbocycles. The fourth-order valence-electron chi connectivity index (χ4n) is 1.28. The molecule has 2 aliphatic heterocycles. The number of allylic oxidation sites excluding steroid dienone is 1. The lowest BCUT2D eigenvalue weighted by Gasteiger charge is -2.05. The first-order valence-electron chi connectivity index (χ1n) is 4.01. The standard InChI is InChI=1S/C9H7ClN2O2/c1-14-9(13)7-3-5-2-6(10)4-11-8(5)12-7/h2-5H,1H3. The molecule has 0 fully saturated rings. The molecule has 0 N–H and O–H groups in total. The van der Waals surface area contributed by atoms with E-state index in [2.05, 4.69) is 14.7 Å². The van der Waals surface area contributed by atoms with Gasteiger partial charge in [-0.1, -0.05) is 11.6 Å².